The van der Waals surface area contributed by atoms with Crippen molar-refractivity contribution in [2.24, 2.45) is 5.73 Å². The van der Waals surface area contributed by atoms with Crippen molar-refractivity contribution in [3.8, 4) is 0 Å². The lowest BCUT2D eigenvalue weighted by Crippen LogP contribution is -2.57. The number of rotatable bonds is 6. The van der Waals surface area contributed by atoms with Crippen LogP contribution in [0.2, 0.25) is 0 Å². The van der Waals surface area contributed by atoms with E-state index in [1.165, 1.54) is 0 Å². The molecule has 27 heavy (non-hydrogen) atoms. The van der Waals surface area contributed by atoms with Crippen LogP contribution in [0.4, 0.5) is 5.69 Å². The first-order chi connectivity index (χ1) is 12.3. The molecule has 0 aliphatic carbocycles. The number of hydrogen-bond acceptors (Lipinski definition) is 5. The number of nitrogens with zero attached hydrogens (tertiary/aromatic N) is 1. The SMILES string of the molecule is CN1C(=O)[C@@](CCN)(N[S+]([O-])C(C)(C)C)c2c(/C=C/C(C)(C)O)cccc21. The van der Waals surface area contributed by atoms with Crippen LogP contribution < -0.4 is 15.4 Å². The van der Waals surface area contributed by atoms with Gasteiger partial charge in [-0.3, -0.25) is 4.79 Å². The van der Waals surface area contributed by atoms with Gasteiger partial charge in [-0.15, -0.1) is 4.72 Å². The molecule has 0 fully saturated rings. The average molecular weight is 394 g/mol. The predicted octanol–water partition coefficient (Wildman–Crippen LogP) is 2.04. The molecule has 0 saturated carbocycles. The van der Waals surface area contributed by atoms with Gasteiger partial charge in [0.25, 0.3) is 5.91 Å². The van der Waals surface area contributed by atoms with Crippen LogP contribution in [0.1, 0.15) is 52.2 Å². The Morgan fingerprint density at radius 2 is 1.96 bits per heavy atom. The van der Waals surface area contributed by atoms with Gasteiger partial charge in [0.2, 0.25) is 0 Å². The summed E-state index contributed by atoms with van der Waals surface area (Å²) in [6.45, 7) is 9.20. The summed E-state index contributed by atoms with van der Waals surface area (Å²) in [5, 5.41) is 10.1. The van der Waals surface area contributed by atoms with Crippen molar-refractivity contribution >= 4 is 29.0 Å². The fourth-order valence-corrected chi connectivity index (χ4v) is 4.06. The van der Waals surface area contributed by atoms with Gasteiger partial charge in [0.1, 0.15) is 4.75 Å². The third-order valence-electron chi connectivity index (χ3n) is 4.55. The van der Waals surface area contributed by atoms with Crippen LogP contribution in [-0.4, -0.2) is 39.5 Å². The van der Waals surface area contributed by atoms with Crippen molar-refractivity contribution in [1.82, 2.24) is 4.72 Å². The van der Waals surface area contributed by atoms with Crippen molar-refractivity contribution in [3.63, 3.8) is 0 Å². The number of likely N-dealkylation sites (N-methyl/N-ethyl adjacent to an activating group) is 1. The quantitative estimate of drug-likeness (QED) is 0.642. The zero-order valence-electron chi connectivity index (χ0n) is 17.0. The summed E-state index contributed by atoms with van der Waals surface area (Å²) in [6, 6.07) is 5.63. The van der Waals surface area contributed by atoms with E-state index in [9.17, 15) is 14.5 Å². The number of nitrogens with two attached hydrogens (primary N) is 1. The average Bonchev–Trinajstić information content (AvgIpc) is 2.75. The maximum Gasteiger partial charge on any atom is 0.256 e. The normalized spacial score (nSPS) is 21.8. The molecule has 1 unspecified atom stereocenters. The molecule has 150 valence electrons. The van der Waals surface area contributed by atoms with E-state index >= 15 is 0 Å². The van der Waals surface area contributed by atoms with Gasteiger partial charge in [-0.05, 0) is 59.2 Å². The minimum atomic E-state index is -1.47. The topological polar surface area (TPSA) is 102 Å². The van der Waals surface area contributed by atoms with E-state index in [1.807, 2.05) is 39.0 Å². The third kappa shape index (κ3) is 4.38. The maximum absolute atomic E-state index is 13.3. The Morgan fingerprint density at radius 1 is 1.33 bits per heavy atom. The molecule has 1 aromatic rings. The maximum atomic E-state index is 13.3. The molecule has 1 aliphatic heterocycles. The van der Waals surface area contributed by atoms with Crippen LogP contribution in [0.25, 0.3) is 6.08 Å². The van der Waals surface area contributed by atoms with Crippen LogP contribution in [0, 0.1) is 0 Å². The number of aliphatic hydroxyl groups is 1. The second-order valence-corrected chi connectivity index (χ2v) is 10.5. The van der Waals surface area contributed by atoms with Gasteiger partial charge in [-0.2, -0.15) is 0 Å². The Bertz CT molecular complexity index is 737. The molecular weight excluding hydrogens is 362 g/mol. The number of fused-ring (bicyclic) bond motifs is 1. The highest BCUT2D eigenvalue weighted by molar-refractivity contribution is 7.90. The molecule has 7 heteroatoms. The first-order valence-electron chi connectivity index (χ1n) is 9.06. The molecule has 0 saturated heterocycles. The lowest BCUT2D eigenvalue weighted by atomic mass is 9.85. The molecule has 1 aromatic carbocycles. The Labute approximate surface area is 165 Å². The van der Waals surface area contributed by atoms with Gasteiger partial charge in [0.05, 0.1) is 5.60 Å². The molecule has 4 N–H and O–H groups in total. The molecule has 0 spiro atoms. The summed E-state index contributed by atoms with van der Waals surface area (Å²) in [5.74, 6) is -0.176. The standard InChI is InChI=1S/C20H31N3O3S/c1-18(2,3)27(26)22-20(12-13-21)16-14(10-11-19(4,5)25)8-7-9-15(16)23(6)17(20)24/h7-11,22,25H,12-13,21H2,1-6H3/b11-10+/t20-,27?/m0/s1. The number of carbonyl (C=O) groups is 1. The number of carbonyl (C=O) groups excluding carboxylic acids is 1. The molecule has 1 aliphatic rings. The second kappa shape index (κ2) is 7.56. The summed E-state index contributed by atoms with van der Waals surface area (Å²) >= 11 is -1.47. The van der Waals surface area contributed by atoms with Crippen molar-refractivity contribution in [2.75, 3.05) is 18.5 Å². The number of benzene rings is 1. The van der Waals surface area contributed by atoms with Crippen LogP contribution in [-0.2, 0) is 21.7 Å². The van der Waals surface area contributed by atoms with Crippen molar-refractivity contribution in [3.05, 3.63) is 35.4 Å². The van der Waals surface area contributed by atoms with Gasteiger partial charge in [0.15, 0.2) is 5.54 Å². The molecular formula is C20H31N3O3S. The highest BCUT2D eigenvalue weighted by Crippen LogP contribution is 2.45. The first-order valence-corrected chi connectivity index (χ1v) is 10.2. The zero-order valence-corrected chi connectivity index (χ0v) is 17.8. The fraction of sp³-hybridized carbons (Fsp3) is 0.550. The molecule has 6 nitrogen and oxygen atoms in total. The van der Waals surface area contributed by atoms with Crippen LogP contribution >= 0.6 is 0 Å². The Hall–Kier alpha value is -1.38. The van der Waals surface area contributed by atoms with E-state index in [0.717, 1.165) is 16.8 Å². The molecule has 1 amide bonds. The van der Waals surface area contributed by atoms with E-state index in [4.69, 9.17) is 5.73 Å². The smallest absolute Gasteiger partial charge is 0.256 e. The monoisotopic (exact) mass is 393 g/mol. The van der Waals surface area contributed by atoms with E-state index < -0.39 is 27.2 Å². The first kappa shape index (κ1) is 21.9. The third-order valence-corrected chi connectivity index (χ3v) is 6.19. The molecule has 0 radical (unpaired) electrons. The minimum Gasteiger partial charge on any atom is -0.598 e. The molecule has 0 aromatic heterocycles. The Kier molecular flexibility index (Phi) is 6.14. The molecule has 2 atom stereocenters. The predicted molar refractivity (Wildman–Crippen MR) is 112 cm³/mol. The highest BCUT2D eigenvalue weighted by atomic mass is 32.2. The van der Waals surface area contributed by atoms with Crippen LogP contribution in [0.15, 0.2) is 24.3 Å². The van der Waals surface area contributed by atoms with Crippen molar-refractivity contribution in [1.29, 1.82) is 0 Å². The minimum absolute atomic E-state index is 0.176. The van der Waals surface area contributed by atoms with Crippen molar-refractivity contribution in [2.45, 2.75) is 56.9 Å². The van der Waals surface area contributed by atoms with Gasteiger partial charge < -0.3 is 20.3 Å². The molecule has 2 rings (SSSR count). The van der Waals surface area contributed by atoms with E-state index in [1.54, 1.807) is 37.9 Å². The van der Waals surface area contributed by atoms with Crippen LogP contribution in [0.5, 0.6) is 0 Å². The number of amides is 1. The summed E-state index contributed by atoms with van der Waals surface area (Å²) in [4.78, 5) is 14.9. The van der Waals surface area contributed by atoms with Crippen molar-refractivity contribution < 1.29 is 14.5 Å². The molecule has 0 bridgehead atoms. The Balaban J connectivity index is 2.67. The highest BCUT2D eigenvalue weighted by Gasteiger charge is 2.54. The zero-order chi connectivity index (χ0) is 20.6. The largest absolute Gasteiger partial charge is 0.598 e. The number of anilines is 1. The number of nitrogens with one attached hydrogen (secondary N) is 1. The lowest BCUT2D eigenvalue weighted by Gasteiger charge is -2.34. The Morgan fingerprint density at radius 3 is 2.48 bits per heavy atom. The van der Waals surface area contributed by atoms with Gasteiger partial charge in [0, 0.05) is 29.7 Å². The second-order valence-electron chi connectivity index (χ2n) is 8.52. The van der Waals surface area contributed by atoms with Gasteiger partial charge in [-0.1, -0.05) is 24.3 Å². The summed E-state index contributed by atoms with van der Waals surface area (Å²) in [7, 11) is 1.71. The van der Waals surface area contributed by atoms with Gasteiger partial charge in [-0.25, -0.2) is 0 Å². The summed E-state index contributed by atoms with van der Waals surface area (Å²) in [6.07, 6.45) is 3.80. The summed E-state index contributed by atoms with van der Waals surface area (Å²) in [5.41, 5.74) is 6.01. The van der Waals surface area contributed by atoms with Crippen LogP contribution in [0.3, 0.4) is 0 Å². The van der Waals surface area contributed by atoms with E-state index in [-0.39, 0.29) is 12.5 Å². The summed E-state index contributed by atoms with van der Waals surface area (Å²) < 4.78 is 15.5. The van der Waals surface area contributed by atoms with E-state index in [2.05, 4.69) is 4.72 Å². The number of hydrogen-bond donors (Lipinski definition) is 3. The van der Waals surface area contributed by atoms with E-state index in [0.29, 0.717) is 6.42 Å². The molecule has 1 heterocycles. The van der Waals surface area contributed by atoms with Gasteiger partial charge >= 0.3 is 0 Å². The fourth-order valence-electron chi connectivity index (χ4n) is 3.14. The lowest BCUT2D eigenvalue weighted by molar-refractivity contribution is -0.123.